The van der Waals surface area contributed by atoms with Gasteiger partial charge in [0.2, 0.25) is 5.91 Å². The molecule has 0 saturated heterocycles. The van der Waals surface area contributed by atoms with Crippen LogP contribution in [0.15, 0.2) is 24.3 Å². The van der Waals surface area contributed by atoms with Gasteiger partial charge in [-0.1, -0.05) is 6.07 Å². The van der Waals surface area contributed by atoms with Crippen LogP contribution in [-0.4, -0.2) is 42.4 Å². The number of amides is 2. The number of rotatable bonds is 6. The van der Waals surface area contributed by atoms with E-state index in [9.17, 15) is 14.4 Å². The number of anilines is 1. The molecule has 0 bridgehead atoms. The molecule has 6 heteroatoms. The zero-order chi connectivity index (χ0) is 15.8. The Kier molecular flexibility index (Phi) is 6.39. The zero-order valence-corrected chi connectivity index (χ0v) is 12.5. The highest BCUT2D eigenvalue weighted by Gasteiger charge is 2.18. The lowest BCUT2D eigenvalue weighted by Crippen LogP contribution is -2.36. The maximum absolute atomic E-state index is 12.4. The van der Waals surface area contributed by atoms with Crippen molar-refractivity contribution in [2.45, 2.75) is 20.8 Å². The molecular weight excluding hydrogens is 272 g/mol. The minimum absolute atomic E-state index is 0.0897. The predicted octanol–water partition coefficient (Wildman–Crippen LogP) is 1.67. The summed E-state index contributed by atoms with van der Waals surface area (Å²) in [6.45, 7) is 5.48. The van der Waals surface area contributed by atoms with E-state index in [-0.39, 0.29) is 25.0 Å². The number of benzene rings is 1. The second-order valence-corrected chi connectivity index (χ2v) is 4.39. The van der Waals surface area contributed by atoms with Crippen molar-refractivity contribution >= 4 is 23.5 Å². The predicted molar refractivity (Wildman–Crippen MR) is 79.0 cm³/mol. The molecule has 0 aliphatic carbocycles. The van der Waals surface area contributed by atoms with Crippen molar-refractivity contribution < 1.29 is 19.1 Å². The Morgan fingerprint density at radius 2 is 1.95 bits per heavy atom. The topological polar surface area (TPSA) is 75.7 Å². The number of carbonyl (C=O) groups is 3. The Balaban J connectivity index is 2.84. The smallest absolute Gasteiger partial charge is 0.325 e. The Morgan fingerprint density at radius 3 is 2.52 bits per heavy atom. The normalized spacial score (nSPS) is 9.86. The van der Waals surface area contributed by atoms with E-state index in [0.29, 0.717) is 17.8 Å². The number of hydrogen-bond acceptors (Lipinski definition) is 4. The van der Waals surface area contributed by atoms with Crippen molar-refractivity contribution in [1.82, 2.24) is 4.90 Å². The molecule has 21 heavy (non-hydrogen) atoms. The van der Waals surface area contributed by atoms with Crippen LogP contribution in [0.2, 0.25) is 0 Å². The van der Waals surface area contributed by atoms with Crippen LogP contribution in [0.1, 0.15) is 31.1 Å². The minimum Gasteiger partial charge on any atom is -0.465 e. The first-order valence-corrected chi connectivity index (χ1v) is 6.80. The van der Waals surface area contributed by atoms with E-state index in [4.69, 9.17) is 4.74 Å². The lowest BCUT2D eigenvalue weighted by atomic mass is 10.1. The van der Waals surface area contributed by atoms with Crippen LogP contribution < -0.4 is 5.32 Å². The molecule has 2 amide bonds. The van der Waals surface area contributed by atoms with Crippen LogP contribution in [0.3, 0.4) is 0 Å². The first-order chi connectivity index (χ1) is 9.97. The number of likely N-dealkylation sites (N-methyl/N-ethyl adjacent to an activating group) is 1. The average molecular weight is 292 g/mol. The molecule has 1 aromatic carbocycles. The standard InChI is InChI=1S/C15H20N2O4/c1-4-17(10-14(19)21-5-2)15(20)12-7-6-8-13(9-12)16-11(3)18/h6-9H,4-5,10H2,1-3H3,(H,16,18). The third-order valence-corrected chi connectivity index (χ3v) is 2.72. The maximum Gasteiger partial charge on any atom is 0.325 e. The first kappa shape index (κ1) is 16.7. The average Bonchev–Trinajstić information content (AvgIpc) is 2.44. The van der Waals surface area contributed by atoms with E-state index in [0.717, 1.165) is 0 Å². The number of nitrogens with one attached hydrogen (secondary N) is 1. The first-order valence-electron chi connectivity index (χ1n) is 6.80. The molecular formula is C15H20N2O4. The molecule has 1 N–H and O–H groups in total. The van der Waals surface area contributed by atoms with Gasteiger partial charge in [0, 0.05) is 24.7 Å². The summed E-state index contributed by atoms with van der Waals surface area (Å²) in [5.74, 6) is -0.929. The van der Waals surface area contributed by atoms with E-state index < -0.39 is 5.97 Å². The summed E-state index contributed by atoms with van der Waals surface area (Å²) in [5.41, 5.74) is 0.952. The van der Waals surface area contributed by atoms with Crippen molar-refractivity contribution in [1.29, 1.82) is 0 Å². The van der Waals surface area contributed by atoms with Crippen LogP contribution in [0.4, 0.5) is 5.69 Å². The van der Waals surface area contributed by atoms with Crippen LogP contribution in [0.25, 0.3) is 0 Å². The number of esters is 1. The molecule has 0 saturated carbocycles. The number of carbonyl (C=O) groups excluding carboxylic acids is 3. The lowest BCUT2D eigenvalue weighted by Gasteiger charge is -2.20. The van der Waals surface area contributed by atoms with Crippen molar-refractivity contribution in [2.75, 3.05) is 25.0 Å². The van der Waals surface area contributed by atoms with Crippen LogP contribution >= 0.6 is 0 Å². The summed E-state index contributed by atoms with van der Waals surface area (Å²) in [6.07, 6.45) is 0. The second kappa shape index (κ2) is 8.04. The number of hydrogen-bond donors (Lipinski definition) is 1. The van der Waals surface area contributed by atoms with Gasteiger partial charge in [0.25, 0.3) is 5.91 Å². The van der Waals surface area contributed by atoms with Gasteiger partial charge in [0.15, 0.2) is 0 Å². The Bertz CT molecular complexity index is 528. The fraction of sp³-hybridized carbons (Fsp3) is 0.400. The SMILES string of the molecule is CCOC(=O)CN(CC)C(=O)c1cccc(NC(C)=O)c1. The summed E-state index contributed by atoms with van der Waals surface area (Å²) in [7, 11) is 0. The fourth-order valence-corrected chi connectivity index (χ4v) is 1.81. The summed E-state index contributed by atoms with van der Waals surface area (Å²) in [5, 5.41) is 2.62. The van der Waals surface area contributed by atoms with Gasteiger partial charge in [-0.2, -0.15) is 0 Å². The van der Waals surface area contributed by atoms with Crippen LogP contribution in [0.5, 0.6) is 0 Å². The van der Waals surface area contributed by atoms with Crippen LogP contribution in [0, 0.1) is 0 Å². The monoisotopic (exact) mass is 292 g/mol. The van der Waals surface area contributed by atoms with Gasteiger partial charge >= 0.3 is 5.97 Å². The minimum atomic E-state index is -0.439. The van der Waals surface area contributed by atoms with E-state index in [1.54, 1.807) is 38.1 Å². The Labute approximate surface area is 124 Å². The molecule has 0 unspecified atom stereocenters. The van der Waals surface area contributed by atoms with Gasteiger partial charge in [0.05, 0.1) is 6.61 Å². The molecule has 6 nitrogen and oxygen atoms in total. The molecule has 0 radical (unpaired) electrons. The largest absolute Gasteiger partial charge is 0.465 e. The summed E-state index contributed by atoms with van der Waals surface area (Å²) >= 11 is 0. The van der Waals surface area contributed by atoms with Gasteiger partial charge < -0.3 is 15.0 Å². The molecule has 1 rings (SSSR count). The fourth-order valence-electron chi connectivity index (χ4n) is 1.81. The van der Waals surface area contributed by atoms with Crippen molar-refractivity contribution in [3.05, 3.63) is 29.8 Å². The van der Waals surface area contributed by atoms with Gasteiger partial charge in [-0.05, 0) is 32.0 Å². The van der Waals surface area contributed by atoms with Gasteiger partial charge in [-0.3, -0.25) is 14.4 Å². The molecule has 1 aromatic rings. The van der Waals surface area contributed by atoms with Gasteiger partial charge in [-0.25, -0.2) is 0 Å². The third-order valence-electron chi connectivity index (χ3n) is 2.72. The molecule has 0 spiro atoms. The van der Waals surface area contributed by atoms with Crippen molar-refractivity contribution in [2.24, 2.45) is 0 Å². The Hall–Kier alpha value is -2.37. The van der Waals surface area contributed by atoms with Crippen molar-refractivity contribution in [3.63, 3.8) is 0 Å². The summed E-state index contributed by atoms with van der Waals surface area (Å²) in [6, 6.07) is 6.59. The lowest BCUT2D eigenvalue weighted by molar-refractivity contribution is -0.143. The second-order valence-electron chi connectivity index (χ2n) is 4.39. The number of nitrogens with zero attached hydrogens (tertiary/aromatic N) is 1. The highest BCUT2D eigenvalue weighted by Crippen LogP contribution is 2.13. The van der Waals surface area contributed by atoms with Crippen LogP contribution in [-0.2, 0) is 14.3 Å². The molecule has 0 aliphatic heterocycles. The summed E-state index contributed by atoms with van der Waals surface area (Å²) < 4.78 is 4.85. The quantitative estimate of drug-likeness (QED) is 0.809. The highest BCUT2D eigenvalue weighted by molar-refractivity contribution is 5.98. The van der Waals surface area contributed by atoms with Crippen molar-refractivity contribution in [3.8, 4) is 0 Å². The molecule has 114 valence electrons. The zero-order valence-electron chi connectivity index (χ0n) is 12.5. The molecule has 0 heterocycles. The number of ether oxygens (including phenoxy) is 1. The Morgan fingerprint density at radius 1 is 1.24 bits per heavy atom. The summed E-state index contributed by atoms with van der Waals surface area (Å²) in [4.78, 5) is 36.3. The van der Waals surface area contributed by atoms with Gasteiger partial charge in [-0.15, -0.1) is 0 Å². The molecule has 0 fully saturated rings. The van der Waals surface area contributed by atoms with E-state index >= 15 is 0 Å². The van der Waals surface area contributed by atoms with E-state index in [2.05, 4.69) is 5.32 Å². The highest BCUT2D eigenvalue weighted by atomic mass is 16.5. The molecule has 0 aromatic heterocycles. The van der Waals surface area contributed by atoms with Gasteiger partial charge in [0.1, 0.15) is 6.54 Å². The third kappa shape index (κ3) is 5.25. The molecule has 0 aliphatic rings. The van der Waals surface area contributed by atoms with E-state index in [1.807, 2.05) is 0 Å². The maximum atomic E-state index is 12.4. The molecule has 0 atom stereocenters. The van der Waals surface area contributed by atoms with E-state index in [1.165, 1.54) is 11.8 Å².